The molecule has 152 valence electrons. The average molecular weight is 398 g/mol. The maximum absolute atomic E-state index is 12.6. The van der Waals surface area contributed by atoms with Crippen molar-refractivity contribution in [2.24, 2.45) is 11.7 Å². The van der Waals surface area contributed by atoms with Crippen molar-refractivity contribution in [2.45, 2.75) is 44.1 Å². The summed E-state index contributed by atoms with van der Waals surface area (Å²) in [6.45, 7) is 6.83. The van der Waals surface area contributed by atoms with Gasteiger partial charge in [-0.15, -0.1) is 0 Å². The van der Waals surface area contributed by atoms with Crippen molar-refractivity contribution in [1.29, 1.82) is 0 Å². The summed E-state index contributed by atoms with van der Waals surface area (Å²) in [4.78, 5) is 14.6. The second-order valence-electron chi connectivity index (χ2n) is 7.27. The van der Waals surface area contributed by atoms with E-state index in [2.05, 4.69) is 4.72 Å². The number of sulfonamides is 1. The molecule has 1 aliphatic heterocycles. The van der Waals surface area contributed by atoms with Crippen LogP contribution in [0.5, 0.6) is 0 Å². The van der Waals surface area contributed by atoms with Crippen LogP contribution >= 0.6 is 0 Å². The Kier molecular flexibility index (Phi) is 8.22. The Hall–Kier alpha value is -1.48. The molecule has 1 aromatic carbocycles. The van der Waals surface area contributed by atoms with Crippen LogP contribution in [0.3, 0.4) is 0 Å². The third-order valence-electron chi connectivity index (χ3n) is 4.52. The number of hydrogen-bond donors (Lipinski definition) is 2. The fourth-order valence-electron chi connectivity index (χ4n) is 2.88. The van der Waals surface area contributed by atoms with E-state index in [-0.39, 0.29) is 22.8 Å². The smallest absolute Gasteiger partial charge is 0.253 e. The van der Waals surface area contributed by atoms with Crippen molar-refractivity contribution in [3.63, 3.8) is 0 Å². The van der Waals surface area contributed by atoms with Crippen molar-refractivity contribution in [1.82, 2.24) is 9.62 Å². The van der Waals surface area contributed by atoms with Crippen LogP contribution in [0.2, 0.25) is 0 Å². The largest absolute Gasteiger partial charge is 0.378 e. The fraction of sp³-hybridized carbons (Fsp3) is 0.632. The molecule has 2 rings (SSSR count). The van der Waals surface area contributed by atoms with Gasteiger partial charge in [-0.2, -0.15) is 0 Å². The molecule has 1 aromatic rings. The van der Waals surface area contributed by atoms with E-state index in [4.69, 9.17) is 10.5 Å². The number of amides is 1. The number of ether oxygens (including phenoxy) is 1. The van der Waals surface area contributed by atoms with Crippen LogP contribution in [-0.2, 0) is 14.8 Å². The first-order chi connectivity index (χ1) is 12.8. The van der Waals surface area contributed by atoms with E-state index in [1.54, 1.807) is 17.0 Å². The highest BCUT2D eigenvalue weighted by atomic mass is 32.2. The molecule has 0 aliphatic carbocycles. The number of piperidine rings is 1. The molecule has 0 aromatic heterocycles. The molecule has 1 aliphatic rings. The summed E-state index contributed by atoms with van der Waals surface area (Å²) in [6, 6.07) is 6.13. The van der Waals surface area contributed by atoms with Gasteiger partial charge >= 0.3 is 0 Å². The lowest BCUT2D eigenvalue weighted by atomic mass is 10.1. The number of nitrogens with one attached hydrogen (secondary N) is 1. The molecule has 0 bridgehead atoms. The van der Waals surface area contributed by atoms with Crippen molar-refractivity contribution < 1.29 is 17.9 Å². The molecule has 8 heteroatoms. The summed E-state index contributed by atoms with van der Waals surface area (Å²) in [6.07, 6.45) is 2.64. The summed E-state index contributed by atoms with van der Waals surface area (Å²) in [5.41, 5.74) is 5.96. The van der Waals surface area contributed by atoms with Gasteiger partial charge in [-0.3, -0.25) is 4.79 Å². The van der Waals surface area contributed by atoms with Crippen LogP contribution in [0.1, 0.15) is 43.5 Å². The first-order valence-electron chi connectivity index (χ1n) is 9.54. The van der Waals surface area contributed by atoms with E-state index in [9.17, 15) is 13.2 Å². The molecule has 1 heterocycles. The number of likely N-dealkylation sites (tertiary alicyclic amines) is 1. The molecular formula is C19H31N3O4S. The highest BCUT2D eigenvalue weighted by Gasteiger charge is 2.24. The van der Waals surface area contributed by atoms with E-state index in [1.807, 2.05) is 13.8 Å². The first-order valence-corrected chi connectivity index (χ1v) is 11.0. The molecule has 0 radical (unpaired) electrons. The Morgan fingerprint density at radius 3 is 2.44 bits per heavy atom. The zero-order valence-corrected chi connectivity index (χ0v) is 17.0. The van der Waals surface area contributed by atoms with Crippen molar-refractivity contribution in [3.8, 4) is 0 Å². The van der Waals surface area contributed by atoms with E-state index >= 15 is 0 Å². The number of rotatable bonds is 9. The SMILES string of the molecule is CC(C)CNS(=O)(=O)c1ccc(C(=O)N2CCC(OCCCN)CC2)cc1. The van der Waals surface area contributed by atoms with Gasteiger partial charge in [0.25, 0.3) is 5.91 Å². The zero-order valence-electron chi connectivity index (χ0n) is 16.2. The minimum atomic E-state index is -3.54. The molecule has 0 unspecified atom stereocenters. The highest BCUT2D eigenvalue weighted by Crippen LogP contribution is 2.18. The topological polar surface area (TPSA) is 102 Å². The van der Waals surface area contributed by atoms with Crippen LogP contribution in [0.15, 0.2) is 29.2 Å². The Morgan fingerprint density at radius 1 is 1.26 bits per heavy atom. The number of hydrogen-bond acceptors (Lipinski definition) is 5. The first kappa shape index (κ1) is 21.8. The monoisotopic (exact) mass is 397 g/mol. The summed E-state index contributed by atoms with van der Waals surface area (Å²) in [7, 11) is -3.54. The van der Waals surface area contributed by atoms with Gasteiger partial charge in [-0.05, 0) is 56.0 Å². The second-order valence-corrected chi connectivity index (χ2v) is 9.04. The summed E-state index contributed by atoms with van der Waals surface area (Å²) in [5, 5.41) is 0. The average Bonchev–Trinajstić information content (AvgIpc) is 2.67. The summed E-state index contributed by atoms with van der Waals surface area (Å²) < 4.78 is 32.8. The normalized spacial score (nSPS) is 16.1. The van der Waals surface area contributed by atoms with Crippen LogP contribution < -0.4 is 10.5 Å². The minimum Gasteiger partial charge on any atom is -0.378 e. The number of nitrogens with two attached hydrogens (primary N) is 1. The van der Waals surface area contributed by atoms with Gasteiger partial charge in [0.05, 0.1) is 11.0 Å². The molecule has 7 nitrogen and oxygen atoms in total. The van der Waals surface area contributed by atoms with Gasteiger partial charge in [0.1, 0.15) is 0 Å². The van der Waals surface area contributed by atoms with Gasteiger partial charge in [0.2, 0.25) is 10.0 Å². The molecule has 3 N–H and O–H groups in total. The molecule has 1 fully saturated rings. The molecule has 1 amide bonds. The van der Waals surface area contributed by atoms with Gasteiger partial charge in [-0.1, -0.05) is 13.8 Å². The molecule has 1 saturated heterocycles. The Labute approximate surface area is 162 Å². The van der Waals surface area contributed by atoms with Gasteiger partial charge in [0, 0.05) is 31.8 Å². The Bertz CT molecular complexity index is 696. The number of carbonyl (C=O) groups is 1. The zero-order chi connectivity index (χ0) is 19.9. The van der Waals surface area contributed by atoms with E-state index in [0.717, 1.165) is 19.3 Å². The van der Waals surface area contributed by atoms with E-state index < -0.39 is 10.0 Å². The van der Waals surface area contributed by atoms with Gasteiger partial charge < -0.3 is 15.4 Å². The third-order valence-corrected chi connectivity index (χ3v) is 5.96. The van der Waals surface area contributed by atoms with Crippen LogP contribution in [0.4, 0.5) is 0 Å². The Balaban J connectivity index is 1.91. The van der Waals surface area contributed by atoms with E-state index in [1.165, 1.54) is 12.1 Å². The van der Waals surface area contributed by atoms with Gasteiger partial charge in [0.15, 0.2) is 0 Å². The lowest BCUT2D eigenvalue weighted by Crippen LogP contribution is -2.41. The predicted molar refractivity (Wildman–Crippen MR) is 105 cm³/mol. The standard InChI is InChI=1S/C19H31N3O4S/c1-15(2)14-21-27(24,25)18-6-4-16(5-7-18)19(23)22-11-8-17(9-12-22)26-13-3-10-20/h4-7,15,17,21H,3,8-14,20H2,1-2H3. The minimum absolute atomic E-state index is 0.0745. The quantitative estimate of drug-likeness (QED) is 0.616. The van der Waals surface area contributed by atoms with Crippen LogP contribution in [-0.4, -0.2) is 58.1 Å². The fourth-order valence-corrected chi connectivity index (χ4v) is 4.09. The number of nitrogens with zero attached hydrogens (tertiary/aromatic N) is 1. The summed E-state index contributed by atoms with van der Waals surface area (Å²) in [5.74, 6) is 0.150. The molecule has 27 heavy (non-hydrogen) atoms. The van der Waals surface area contributed by atoms with Crippen molar-refractivity contribution in [3.05, 3.63) is 29.8 Å². The molecule has 0 spiro atoms. The lowest BCUT2D eigenvalue weighted by molar-refractivity contribution is 0.00844. The summed E-state index contributed by atoms with van der Waals surface area (Å²) >= 11 is 0. The second kappa shape index (κ2) is 10.2. The number of carbonyl (C=O) groups excluding carboxylic acids is 1. The maximum atomic E-state index is 12.6. The predicted octanol–water partition coefficient (Wildman–Crippen LogP) is 1.59. The van der Waals surface area contributed by atoms with Crippen LogP contribution in [0, 0.1) is 5.92 Å². The van der Waals surface area contributed by atoms with E-state index in [0.29, 0.717) is 38.3 Å². The third kappa shape index (κ3) is 6.57. The molecular weight excluding hydrogens is 366 g/mol. The van der Waals surface area contributed by atoms with Crippen molar-refractivity contribution >= 4 is 15.9 Å². The van der Waals surface area contributed by atoms with Gasteiger partial charge in [-0.25, -0.2) is 13.1 Å². The highest BCUT2D eigenvalue weighted by molar-refractivity contribution is 7.89. The number of benzene rings is 1. The molecule has 0 saturated carbocycles. The Morgan fingerprint density at radius 2 is 1.89 bits per heavy atom. The van der Waals surface area contributed by atoms with Crippen molar-refractivity contribution in [2.75, 3.05) is 32.8 Å². The molecule has 0 atom stereocenters. The maximum Gasteiger partial charge on any atom is 0.253 e. The van der Waals surface area contributed by atoms with Crippen LogP contribution in [0.25, 0.3) is 0 Å². The lowest BCUT2D eigenvalue weighted by Gasteiger charge is -2.32.